The Morgan fingerprint density at radius 3 is 2.37 bits per heavy atom. The number of hydrogen-bond donors (Lipinski definition) is 3. The lowest BCUT2D eigenvalue weighted by molar-refractivity contribution is 0.102. The molecule has 3 rings (SSSR count). The summed E-state index contributed by atoms with van der Waals surface area (Å²) in [6.07, 6.45) is 0. The number of halogens is 2. The highest BCUT2D eigenvalue weighted by Gasteiger charge is 2.13. The maximum atomic E-state index is 12.3. The molecule has 0 spiro atoms. The molecule has 3 N–H and O–H groups in total. The molecule has 2 aromatic carbocycles. The maximum Gasteiger partial charge on any atom is 0.325 e. The van der Waals surface area contributed by atoms with Crippen molar-refractivity contribution in [2.24, 2.45) is 0 Å². The van der Waals surface area contributed by atoms with Gasteiger partial charge in [-0.25, -0.2) is 9.78 Å². The second-order valence-corrected chi connectivity index (χ2v) is 7.24. The molecular formula is C18H14Cl2N4O2S. The van der Waals surface area contributed by atoms with E-state index in [0.717, 1.165) is 16.9 Å². The number of carbonyl (C=O) groups is 2. The first-order valence-corrected chi connectivity index (χ1v) is 9.41. The average molecular weight is 421 g/mol. The van der Waals surface area contributed by atoms with E-state index < -0.39 is 11.9 Å². The Bertz CT molecular complexity index is 989. The zero-order valence-corrected chi connectivity index (χ0v) is 16.4. The monoisotopic (exact) mass is 420 g/mol. The van der Waals surface area contributed by atoms with Crippen LogP contribution in [0.25, 0.3) is 0 Å². The van der Waals surface area contributed by atoms with Gasteiger partial charge in [-0.3, -0.25) is 10.1 Å². The van der Waals surface area contributed by atoms with Crippen molar-refractivity contribution in [1.29, 1.82) is 0 Å². The van der Waals surface area contributed by atoms with Gasteiger partial charge in [0.25, 0.3) is 5.91 Å². The van der Waals surface area contributed by atoms with Crippen molar-refractivity contribution in [2.75, 3.05) is 16.0 Å². The lowest BCUT2D eigenvalue weighted by Gasteiger charge is -2.06. The zero-order chi connectivity index (χ0) is 19.4. The highest BCUT2D eigenvalue weighted by Crippen LogP contribution is 2.22. The molecule has 0 saturated heterocycles. The molecule has 3 amide bonds. The van der Waals surface area contributed by atoms with Gasteiger partial charge in [-0.1, -0.05) is 29.3 Å². The third kappa shape index (κ3) is 5.19. The average Bonchev–Trinajstić information content (AvgIpc) is 3.08. The number of benzene rings is 2. The first-order valence-electron chi connectivity index (χ1n) is 7.77. The number of amides is 3. The minimum Gasteiger partial charge on any atom is -0.321 e. The number of carbonyl (C=O) groups excluding carboxylic acids is 2. The molecule has 0 atom stereocenters. The van der Waals surface area contributed by atoms with Gasteiger partial charge in [0.15, 0.2) is 5.13 Å². The van der Waals surface area contributed by atoms with Gasteiger partial charge in [0.1, 0.15) is 5.69 Å². The van der Waals surface area contributed by atoms with Crippen LogP contribution in [0.1, 0.15) is 16.1 Å². The third-order valence-electron chi connectivity index (χ3n) is 3.49. The summed E-state index contributed by atoms with van der Waals surface area (Å²) in [7, 11) is 0. The predicted molar refractivity (Wildman–Crippen MR) is 110 cm³/mol. The van der Waals surface area contributed by atoms with Crippen molar-refractivity contribution in [2.45, 2.75) is 6.92 Å². The molecule has 0 aliphatic heterocycles. The van der Waals surface area contributed by atoms with Gasteiger partial charge < -0.3 is 10.6 Å². The van der Waals surface area contributed by atoms with Crippen molar-refractivity contribution in [3.05, 3.63) is 69.1 Å². The SMILES string of the molecule is Cc1ccc(NC(=O)c2csc(NC(=O)Nc3ccc(Cl)cc3)n2)cc1Cl. The highest BCUT2D eigenvalue weighted by molar-refractivity contribution is 7.14. The van der Waals surface area contributed by atoms with Crippen LogP contribution in [0, 0.1) is 6.92 Å². The number of hydrogen-bond acceptors (Lipinski definition) is 4. The summed E-state index contributed by atoms with van der Waals surface area (Å²) in [5, 5.41) is 10.9. The molecule has 138 valence electrons. The summed E-state index contributed by atoms with van der Waals surface area (Å²) in [5.74, 6) is -0.391. The molecule has 0 fully saturated rings. The predicted octanol–water partition coefficient (Wildman–Crippen LogP) is 5.65. The summed E-state index contributed by atoms with van der Waals surface area (Å²) in [4.78, 5) is 28.4. The standard InChI is InChI=1S/C18H14Cl2N4O2S/c1-10-2-5-13(8-14(10)20)21-16(25)15-9-27-18(23-15)24-17(26)22-12-6-3-11(19)4-7-12/h2-9H,1H3,(H,21,25)(H2,22,23,24,26). The molecule has 0 radical (unpaired) electrons. The fourth-order valence-electron chi connectivity index (χ4n) is 2.09. The van der Waals surface area contributed by atoms with E-state index in [1.54, 1.807) is 41.8 Å². The van der Waals surface area contributed by atoms with Crippen molar-refractivity contribution in [1.82, 2.24) is 4.98 Å². The van der Waals surface area contributed by atoms with E-state index in [1.807, 2.05) is 13.0 Å². The summed E-state index contributed by atoms with van der Waals surface area (Å²) in [6, 6.07) is 11.5. The second kappa shape index (κ2) is 8.39. The molecule has 27 heavy (non-hydrogen) atoms. The van der Waals surface area contributed by atoms with Crippen LogP contribution in [0.2, 0.25) is 10.0 Å². The molecule has 6 nitrogen and oxygen atoms in total. The van der Waals surface area contributed by atoms with Gasteiger partial charge in [-0.05, 0) is 48.9 Å². The molecule has 0 aliphatic carbocycles. The number of aromatic nitrogens is 1. The van der Waals surface area contributed by atoms with E-state index in [9.17, 15) is 9.59 Å². The largest absolute Gasteiger partial charge is 0.325 e. The Morgan fingerprint density at radius 1 is 0.963 bits per heavy atom. The summed E-state index contributed by atoms with van der Waals surface area (Å²) in [5.41, 5.74) is 2.27. The van der Waals surface area contributed by atoms with Crippen LogP contribution in [0.3, 0.4) is 0 Å². The van der Waals surface area contributed by atoms with Gasteiger partial charge in [0, 0.05) is 26.8 Å². The van der Waals surface area contributed by atoms with Crippen LogP contribution < -0.4 is 16.0 Å². The Labute approximate surface area is 169 Å². The normalized spacial score (nSPS) is 10.3. The molecule has 1 heterocycles. The van der Waals surface area contributed by atoms with E-state index >= 15 is 0 Å². The Kier molecular flexibility index (Phi) is 5.95. The highest BCUT2D eigenvalue weighted by atomic mass is 35.5. The van der Waals surface area contributed by atoms with Crippen LogP contribution in [-0.4, -0.2) is 16.9 Å². The first kappa shape index (κ1) is 19.2. The van der Waals surface area contributed by atoms with Crippen LogP contribution in [0.5, 0.6) is 0 Å². The molecule has 1 aromatic heterocycles. The van der Waals surface area contributed by atoms with Gasteiger partial charge >= 0.3 is 6.03 Å². The number of nitrogens with one attached hydrogen (secondary N) is 3. The van der Waals surface area contributed by atoms with Gasteiger partial charge in [0.2, 0.25) is 0 Å². The topological polar surface area (TPSA) is 83.1 Å². The number of aryl methyl sites for hydroxylation is 1. The molecule has 3 aromatic rings. The lowest BCUT2D eigenvalue weighted by Crippen LogP contribution is -2.19. The molecular weight excluding hydrogens is 407 g/mol. The molecule has 0 bridgehead atoms. The number of rotatable bonds is 4. The molecule has 0 saturated carbocycles. The Balaban J connectivity index is 1.60. The van der Waals surface area contributed by atoms with Gasteiger partial charge in [-0.15, -0.1) is 11.3 Å². The fraction of sp³-hybridized carbons (Fsp3) is 0.0556. The maximum absolute atomic E-state index is 12.3. The van der Waals surface area contributed by atoms with E-state index in [-0.39, 0.29) is 5.69 Å². The van der Waals surface area contributed by atoms with E-state index in [4.69, 9.17) is 23.2 Å². The first-order chi connectivity index (χ1) is 12.9. The number of nitrogens with zero attached hydrogens (tertiary/aromatic N) is 1. The minimum absolute atomic E-state index is 0.193. The molecule has 9 heteroatoms. The Morgan fingerprint density at radius 2 is 1.67 bits per heavy atom. The number of thiazole rings is 1. The molecule has 0 aliphatic rings. The van der Waals surface area contributed by atoms with E-state index in [0.29, 0.717) is 26.6 Å². The van der Waals surface area contributed by atoms with Crippen LogP contribution >= 0.6 is 34.5 Å². The van der Waals surface area contributed by atoms with Crippen molar-refractivity contribution in [3.63, 3.8) is 0 Å². The van der Waals surface area contributed by atoms with Crippen molar-refractivity contribution < 1.29 is 9.59 Å². The number of anilines is 3. The summed E-state index contributed by atoms with van der Waals surface area (Å²) in [6.45, 7) is 1.88. The summed E-state index contributed by atoms with van der Waals surface area (Å²) < 4.78 is 0. The lowest BCUT2D eigenvalue weighted by atomic mass is 10.2. The quantitative estimate of drug-likeness (QED) is 0.509. The fourth-order valence-corrected chi connectivity index (χ4v) is 3.09. The van der Waals surface area contributed by atoms with Crippen molar-refractivity contribution in [3.8, 4) is 0 Å². The van der Waals surface area contributed by atoms with Crippen molar-refractivity contribution >= 4 is 63.0 Å². The zero-order valence-electron chi connectivity index (χ0n) is 14.0. The van der Waals surface area contributed by atoms with E-state index in [2.05, 4.69) is 20.9 Å². The van der Waals surface area contributed by atoms with Crippen LogP contribution in [-0.2, 0) is 0 Å². The molecule has 0 unspecified atom stereocenters. The number of urea groups is 1. The van der Waals surface area contributed by atoms with E-state index in [1.165, 1.54) is 0 Å². The third-order valence-corrected chi connectivity index (χ3v) is 4.91. The Hall–Kier alpha value is -2.61. The van der Waals surface area contributed by atoms with Crippen LogP contribution in [0.15, 0.2) is 47.8 Å². The van der Waals surface area contributed by atoms with Gasteiger partial charge in [-0.2, -0.15) is 0 Å². The van der Waals surface area contributed by atoms with Crippen LogP contribution in [0.4, 0.5) is 21.3 Å². The second-order valence-electron chi connectivity index (χ2n) is 5.54. The smallest absolute Gasteiger partial charge is 0.321 e. The summed E-state index contributed by atoms with van der Waals surface area (Å²) >= 11 is 13.0. The van der Waals surface area contributed by atoms with Gasteiger partial charge in [0.05, 0.1) is 0 Å². The minimum atomic E-state index is -0.469.